The fraction of sp³-hybridized carbons (Fsp3) is 0.429. The van der Waals surface area contributed by atoms with Gasteiger partial charge < -0.3 is 9.84 Å². The Morgan fingerprint density at radius 2 is 2.35 bits per heavy atom. The van der Waals surface area contributed by atoms with Crippen LogP contribution in [0.4, 0.5) is 0 Å². The largest absolute Gasteiger partial charge is 0.486 e. The van der Waals surface area contributed by atoms with E-state index in [-0.39, 0.29) is 6.10 Å². The summed E-state index contributed by atoms with van der Waals surface area (Å²) in [4.78, 5) is 1.16. The molecule has 2 nitrogen and oxygen atoms in total. The Labute approximate surface area is 107 Å². The molecule has 2 rings (SSSR count). The molecule has 92 valence electrons. The minimum absolute atomic E-state index is 0.103. The first-order chi connectivity index (χ1) is 8.16. The number of para-hydroxylation sites is 1. The molecular weight excluding hydrogens is 232 g/mol. The number of hydrogen-bond acceptors (Lipinski definition) is 3. The molecule has 0 aromatic heterocycles. The Kier molecular flexibility index (Phi) is 4.13. The van der Waals surface area contributed by atoms with Crippen LogP contribution in [0.25, 0.3) is 0 Å². The van der Waals surface area contributed by atoms with Gasteiger partial charge in [-0.15, -0.1) is 18.3 Å². The fourth-order valence-corrected chi connectivity index (χ4v) is 2.87. The van der Waals surface area contributed by atoms with Crippen molar-refractivity contribution >= 4 is 11.8 Å². The van der Waals surface area contributed by atoms with E-state index in [1.165, 1.54) is 0 Å². The topological polar surface area (TPSA) is 29.5 Å². The molecule has 1 aromatic rings. The van der Waals surface area contributed by atoms with Gasteiger partial charge in [0.15, 0.2) is 0 Å². The number of aliphatic hydroxyl groups excluding tert-OH is 1. The number of ether oxygens (including phenoxy) is 1. The lowest BCUT2D eigenvalue weighted by molar-refractivity contribution is 0.0411. The zero-order valence-electron chi connectivity index (χ0n) is 10.1. The highest BCUT2D eigenvalue weighted by molar-refractivity contribution is 7.99. The summed E-state index contributed by atoms with van der Waals surface area (Å²) in [6.45, 7) is 5.84. The maximum absolute atomic E-state index is 10.1. The Morgan fingerprint density at radius 3 is 3.12 bits per heavy atom. The van der Waals surface area contributed by atoms with E-state index in [1.807, 2.05) is 25.1 Å². The molecule has 1 N–H and O–H groups in total. The summed E-state index contributed by atoms with van der Waals surface area (Å²) in [6, 6.07) is 7.98. The van der Waals surface area contributed by atoms with E-state index in [1.54, 1.807) is 11.8 Å². The molecule has 0 amide bonds. The Balaban J connectivity index is 1.95. The normalized spacial score (nSPS) is 20.2. The average molecular weight is 250 g/mol. The number of fused-ring (bicyclic) bond motifs is 1. The summed E-state index contributed by atoms with van der Waals surface area (Å²) < 4.78 is 5.83. The quantitative estimate of drug-likeness (QED) is 0.832. The standard InChI is InChI=1S/C14H18O2S/c1-10(2)7-8-11(15)13-9-17-14-6-4-3-5-12(14)16-13/h3-6,11,13,15H,1,7-9H2,2H3. The van der Waals surface area contributed by atoms with Crippen molar-refractivity contribution in [1.29, 1.82) is 0 Å². The van der Waals surface area contributed by atoms with Crippen LogP contribution in [0.5, 0.6) is 5.75 Å². The van der Waals surface area contributed by atoms with Crippen molar-refractivity contribution in [3.05, 3.63) is 36.4 Å². The maximum atomic E-state index is 10.1. The van der Waals surface area contributed by atoms with Crippen LogP contribution in [0.3, 0.4) is 0 Å². The van der Waals surface area contributed by atoms with Crippen LogP contribution in [0.15, 0.2) is 41.3 Å². The predicted octanol–water partition coefficient (Wildman–Crippen LogP) is 3.26. The molecule has 0 bridgehead atoms. The minimum Gasteiger partial charge on any atom is -0.486 e. The van der Waals surface area contributed by atoms with Crippen LogP contribution in [-0.2, 0) is 0 Å². The average Bonchev–Trinajstić information content (AvgIpc) is 2.35. The molecule has 0 saturated heterocycles. The van der Waals surface area contributed by atoms with Crippen molar-refractivity contribution in [3.63, 3.8) is 0 Å². The zero-order chi connectivity index (χ0) is 12.3. The van der Waals surface area contributed by atoms with Gasteiger partial charge in [-0.3, -0.25) is 0 Å². The molecule has 0 radical (unpaired) electrons. The summed E-state index contributed by atoms with van der Waals surface area (Å²) in [5, 5.41) is 10.1. The molecular formula is C14H18O2S. The van der Waals surface area contributed by atoms with E-state index in [2.05, 4.69) is 12.6 Å². The molecule has 0 fully saturated rings. The molecule has 0 spiro atoms. The van der Waals surface area contributed by atoms with E-state index in [0.29, 0.717) is 0 Å². The monoisotopic (exact) mass is 250 g/mol. The summed E-state index contributed by atoms with van der Waals surface area (Å²) in [5.41, 5.74) is 1.10. The second kappa shape index (κ2) is 5.61. The van der Waals surface area contributed by atoms with Crippen LogP contribution in [0.1, 0.15) is 19.8 Å². The molecule has 0 saturated carbocycles. The number of benzene rings is 1. The van der Waals surface area contributed by atoms with E-state index < -0.39 is 6.10 Å². The smallest absolute Gasteiger partial charge is 0.134 e. The number of aliphatic hydroxyl groups is 1. The molecule has 2 atom stereocenters. The van der Waals surface area contributed by atoms with Crippen molar-refractivity contribution in [1.82, 2.24) is 0 Å². The first-order valence-electron chi connectivity index (χ1n) is 5.88. The molecule has 1 heterocycles. The molecule has 2 unspecified atom stereocenters. The van der Waals surface area contributed by atoms with Crippen LogP contribution in [-0.4, -0.2) is 23.1 Å². The molecule has 3 heteroatoms. The fourth-order valence-electron chi connectivity index (χ4n) is 1.81. The van der Waals surface area contributed by atoms with Crippen LogP contribution in [0.2, 0.25) is 0 Å². The van der Waals surface area contributed by atoms with Gasteiger partial charge in [0.1, 0.15) is 11.9 Å². The lowest BCUT2D eigenvalue weighted by Crippen LogP contribution is -2.35. The van der Waals surface area contributed by atoms with Gasteiger partial charge >= 0.3 is 0 Å². The van der Waals surface area contributed by atoms with E-state index >= 15 is 0 Å². The van der Waals surface area contributed by atoms with Crippen molar-refractivity contribution in [2.45, 2.75) is 36.9 Å². The van der Waals surface area contributed by atoms with Gasteiger partial charge in [-0.05, 0) is 31.9 Å². The lowest BCUT2D eigenvalue weighted by atomic mass is 10.1. The van der Waals surface area contributed by atoms with Crippen LogP contribution in [0, 0.1) is 0 Å². The molecule has 1 aliphatic heterocycles. The van der Waals surface area contributed by atoms with E-state index in [4.69, 9.17) is 4.74 Å². The summed E-state index contributed by atoms with van der Waals surface area (Å²) in [6.07, 6.45) is 1.07. The molecule has 17 heavy (non-hydrogen) atoms. The lowest BCUT2D eigenvalue weighted by Gasteiger charge is -2.29. The number of hydrogen-bond donors (Lipinski definition) is 1. The van der Waals surface area contributed by atoms with Gasteiger partial charge in [0.25, 0.3) is 0 Å². The van der Waals surface area contributed by atoms with Gasteiger partial charge in [-0.25, -0.2) is 0 Å². The zero-order valence-corrected chi connectivity index (χ0v) is 10.9. The Bertz CT molecular complexity index is 403. The Hall–Kier alpha value is -0.930. The summed E-state index contributed by atoms with van der Waals surface area (Å²) in [5.74, 6) is 1.71. The van der Waals surface area contributed by atoms with E-state index in [9.17, 15) is 5.11 Å². The van der Waals surface area contributed by atoms with Crippen molar-refractivity contribution < 1.29 is 9.84 Å². The second-order valence-electron chi connectivity index (χ2n) is 4.48. The van der Waals surface area contributed by atoms with Gasteiger partial charge in [0.2, 0.25) is 0 Å². The third-order valence-electron chi connectivity index (χ3n) is 2.83. The third-order valence-corrected chi connectivity index (χ3v) is 3.97. The van der Waals surface area contributed by atoms with Gasteiger partial charge in [0, 0.05) is 10.6 Å². The van der Waals surface area contributed by atoms with Crippen LogP contribution < -0.4 is 4.74 Å². The van der Waals surface area contributed by atoms with Crippen molar-refractivity contribution in [2.75, 3.05) is 5.75 Å². The minimum atomic E-state index is -0.410. The van der Waals surface area contributed by atoms with E-state index in [0.717, 1.165) is 34.8 Å². The highest BCUT2D eigenvalue weighted by atomic mass is 32.2. The summed E-state index contributed by atoms with van der Waals surface area (Å²) >= 11 is 1.75. The highest BCUT2D eigenvalue weighted by Gasteiger charge is 2.26. The van der Waals surface area contributed by atoms with Gasteiger partial charge in [-0.2, -0.15) is 0 Å². The molecule has 1 aromatic carbocycles. The maximum Gasteiger partial charge on any atom is 0.134 e. The molecule has 0 aliphatic carbocycles. The molecule has 1 aliphatic rings. The number of allylic oxidation sites excluding steroid dienone is 1. The Morgan fingerprint density at radius 1 is 1.59 bits per heavy atom. The van der Waals surface area contributed by atoms with Gasteiger partial charge in [-0.1, -0.05) is 17.7 Å². The highest BCUT2D eigenvalue weighted by Crippen LogP contribution is 2.36. The third kappa shape index (κ3) is 3.27. The van der Waals surface area contributed by atoms with Crippen molar-refractivity contribution in [3.8, 4) is 5.75 Å². The SMILES string of the molecule is C=C(C)CCC(O)C1CSc2ccccc2O1. The number of rotatable bonds is 4. The van der Waals surface area contributed by atoms with Gasteiger partial charge in [0.05, 0.1) is 6.10 Å². The first kappa shape index (κ1) is 12.5. The number of thioether (sulfide) groups is 1. The summed E-state index contributed by atoms with van der Waals surface area (Å²) in [7, 11) is 0. The predicted molar refractivity (Wildman–Crippen MR) is 71.6 cm³/mol. The van der Waals surface area contributed by atoms with Crippen LogP contribution >= 0.6 is 11.8 Å². The van der Waals surface area contributed by atoms with Crippen molar-refractivity contribution in [2.24, 2.45) is 0 Å². The second-order valence-corrected chi connectivity index (χ2v) is 5.54. The first-order valence-corrected chi connectivity index (χ1v) is 6.86.